The molecule has 0 saturated heterocycles. The summed E-state index contributed by atoms with van der Waals surface area (Å²) >= 11 is 0. The lowest BCUT2D eigenvalue weighted by atomic mass is 10.1. The molecule has 3 rings (SSSR count). The molecule has 0 aliphatic carbocycles. The molecule has 108 valence electrons. The lowest BCUT2D eigenvalue weighted by Crippen LogP contribution is -2.08. The Balaban J connectivity index is 1.88. The van der Waals surface area contributed by atoms with E-state index in [0.29, 0.717) is 6.54 Å². The van der Waals surface area contributed by atoms with E-state index in [1.54, 1.807) is 4.52 Å². The average molecular weight is 282 g/mol. The van der Waals surface area contributed by atoms with Crippen LogP contribution in [0.15, 0.2) is 42.5 Å². The summed E-state index contributed by atoms with van der Waals surface area (Å²) in [7, 11) is 0. The Hall–Kier alpha value is -2.60. The number of hydrogen-bond acceptors (Lipinski definition) is 5. The van der Waals surface area contributed by atoms with Gasteiger partial charge in [0.05, 0.1) is 5.69 Å². The summed E-state index contributed by atoms with van der Waals surface area (Å²) in [6, 6.07) is 14.0. The minimum atomic E-state index is 0.280. The van der Waals surface area contributed by atoms with E-state index in [4.69, 9.17) is 11.5 Å². The monoisotopic (exact) mass is 282 g/mol. The first-order chi connectivity index (χ1) is 10.3. The van der Waals surface area contributed by atoms with Crippen molar-refractivity contribution in [1.82, 2.24) is 14.6 Å². The van der Waals surface area contributed by atoms with Crippen LogP contribution in [0, 0.1) is 0 Å². The SMILES string of the molecule is NCCCNc1ccc(-c2cccc3nc(N)nn23)cc1. The Labute approximate surface area is 122 Å². The van der Waals surface area contributed by atoms with Crippen LogP contribution in [0.2, 0.25) is 0 Å². The van der Waals surface area contributed by atoms with Crippen molar-refractivity contribution in [2.24, 2.45) is 5.73 Å². The number of nitrogen functional groups attached to an aromatic ring is 1. The van der Waals surface area contributed by atoms with Gasteiger partial charge >= 0.3 is 0 Å². The first kappa shape index (κ1) is 13.4. The highest BCUT2D eigenvalue weighted by atomic mass is 15.3. The van der Waals surface area contributed by atoms with E-state index in [-0.39, 0.29) is 5.95 Å². The average Bonchev–Trinajstić information content (AvgIpc) is 2.88. The molecule has 0 radical (unpaired) electrons. The smallest absolute Gasteiger partial charge is 0.240 e. The maximum absolute atomic E-state index is 5.67. The fourth-order valence-electron chi connectivity index (χ4n) is 2.23. The van der Waals surface area contributed by atoms with Gasteiger partial charge in [-0.25, -0.2) is 4.52 Å². The normalized spacial score (nSPS) is 10.9. The predicted octanol–water partition coefficient (Wildman–Crippen LogP) is 1.74. The lowest BCUT2D eigenvalue weighted by molar-refractivity contribution is 0.874. The van der Waals surface area contributed by atoms with Gasteiger partial charge in [0.15, 0.2) is 5.65 Å². The maximum Gasteiger partial charge on any atom is 0.240 e. The quantitative estimate of drug-likeness (QED) is 0.620. The Morgan fingerprint density at radius 2 is 1.90 bits per heavy atom. The predicted molar refractivity (Wildman–Crippen MR) is 85.0 cm³/mol. The van der Waals surface area contributed by atoms with Crippen molar-refractivity contribution in [3.05, 3.63) is 42.5 Å². The number of hydrogen-bond donors (Lipinski definition) is 3. The number of nitrogens with zero attached hydrogens (tertiary/aromatic N) is 3. The fraction of sp³-hybridized carbons (Fsp3) is 0.200. The molecule has 0 aliphatic heterocycles. The van der Waals surface area contributed by atoms with E-state index in [2.05, 4.69) is 27.5 Å². The summed E-state index contributed by atoms with van der Waals surface area (Å²) in [5.74, 6) is 0.280. The van der Waals surface area contributed by atoms with Crippen molar-refractivity contribution in [2.75, 3.05) is 24.1 Å². The highest BCUT2D eigenvalue weighted by Gasteiger charge is 2.06. The topological polar surface area (TPSA) is 94.3 Å². The lowest BCUT2D eigenvalue weighted by Gasteiger charge is -2.08. The van der Waals surface area contributed by atoms with Gasteiger partial charge in [0, 0.05) is 17.8 Å². The third-order valence-corrected chi connectivity index (χ3v) is 3.27. The zero-order valence-corrected chi connectivity index (χ0v) is 11.7. The molecule has 21 heavy (non-hydrogen) atoms. The van der Waals surface area contributed by atoms with E-state index < -0.39 is 0 Å². The second-order valence-corrected chi connectivity index (χ2v) is 4.80. The first-order valence-corrected chi connectivity index (χ1v) is 6.93. The molecule has 0 bridgehead atoms. The van der Waals surface area contributed by atoms with Crippen LogP contribution in [0.1, 0.15) is 6.42 Å². The molecule has 1 aromatic carbocycles. The van der Waals surface area contributed by atoms with Crippen LogP contribution in [-0.2, 0) is 0 Å². The van der Waals surface area contributed by atoms with Crippen LogP contribution in [-0.4, -0.2) is 27.7 Å². The second kappa shape index (κ2) is 5.80. The summed E-state index contributed by atoms with van der Waals surface area (Å²) in [4.78, 5) is 4.17. The Morgan fingerprint density at radius 1 is 1.10 bits per heavy atom. The van der Waals surface area contributed by atoms with Crippen molar-refractivity contribution in [3.63, 3.8) is 0 Å². The Morgan fingerprint density at radius 3 is 2.67 bits per heavy atom. The summed E-state index contributed by atoms with van der Waals surface area (Å²) in [6.45, 7) is 1.58. The van der Waals surface area contributed by atoms with Crippen LogP contribution in [0.3, 0.4) is 0 Å². The Bertz CT molecular complexity index is 732. The van der Waals surface area contributed by atoms with E-state index in [0.717, 1.165) is 35.6 Å². The molecule has 0 aliphatic rings. The first-order valence-electron chi connectivity index (χ1n) is 6.93. The number of anilines is 2. The number of nitrogens with two attached hydrogens (primary N) is 2. The molecule has 3 aromatic rings. The van der Waals surface area contributed by atoms with Gasteiger partial charge in [-0.3, -0.25) is 0 Å². The van der Waals surface area contributed by atoms with Crippen molar-refractivity contribution >= 4 is 17.3 Å². The van der Waals surface area contributed by atoms with Crippen LogP contribution < -0.4 is 16.8 Å². The molecule has 2 aromatic heterocycles. The summed E-state index contributed by atoms with van der Waals surface area (Å²) < 4.78 is 1.76. The molecule has 2 heterocycles. The molecule has 6 nitrogen and oxygen atoms in total. The molecule has 6 heteroatoms. The van der Waals surface area contributed by atoms with E-state index in [1.807, 2.05) is 30.3 Å². The van der Waals surface area contributed by atoms with Gasteiger partial charge in [-0.05, 0) is 37.2 Å². The zero-order valence-electron chi connectivity index (χ0n) is 11.7. The van der Waals surface area contributed by atoms with Crippen LogP contribution in [0.5, 0.6) is 0 Å². The summed E-state index contributed by atoms with van der Waals surface area (Å²) in [6.07, 6.45) is 0.958. The number of fused-ring (bicyclic) bond motifs is 1. The Kier molecular flexibility index (Phi) is 3.70. The van der Waals surface area contributed by atoms with Crippen molar-refractivity contribution < 1.29 is 0 Å². The van der Waals surface area contributed by atoms with Crippen molar-refractivity contribution in [1.29, 1.82) is 0 Å². The molecule has 0 unspecified atom stereocenters. The molecule has 0 spiro atoms. The highest BCUT2D eigenvalue weighted by molar-refractivity contribution is 5.65. The van der Waals surface area contributed by atoms with Crippen LogP contribution >= 0.6 is 0 Å². The van der Waals surface area contributed by atoms with E-state index in [9.17, 15) is 0 Å². The molecular formula is C15H18N6. The highest BCUT2D eigenvalue weighted by Crippen LogP contribution is 2.22. The molecule has 5 N–H and O–H groups in total. The minimum Gasteiger partial charge on any atom is -0.385 e. The standard InChI is InChI=1S/C15H18N6/c16-9-2-10-18-12-7-5-11(6-8-12)13-3-1-4-14-19-15(17)20-21(13)14/h1,3-8,18H,2,9-10,16H2,(H2,17,20). The van der Waals surface area contributed by atoms with Gasteiger partial charge in [-0.15, -0.1) is 5.10 Å². The van der Waals surface area contributed by atoms with Crippen molar-refractivity contribution in [3.8, 4) is 11.3 Å². The minimum absolute atomic E-state index is 0.280. The van der Waals surface area contributed by atoms with E-state index in [1.165, 1.54) is 0 Å². The maximum atomic E-state index is 5.67. The van der Waals surface area contributed by atoms with Gasteiger partial charge < -0.3 is 16.8 Å². The van der Waals surface area contributed by atoms with Crippen molar-refractivity contribution in [2.45, 2.75) is 6.42 Å². The number of aromatic nitrogens is 3. The van der Waals surface area contributed by atoms with Gasteiger partial charge in [0.1, 0.15) is 0 Å². The summed E-state index contributed by atoms with van der Waals surface area (Å²) in [5.41, 5.74) is 15.0. The molecule has 0 fully saturated rings. The molecular weight excluding hydrogens is 264 g/mol. The van der Waals surface area contributed by atoms with Gasteiger partial charge in [-0.2, -0.15) is 4.98 Å². The number of pyridine rings is 1. The van der Waals surface area contributed by atoms with E-state index >= 15 is 0 Å². The van der Waals surface area contributed by atoms with Crippen LogP contribution in [0.25, 0.3) is 16.9 Å². The molecule has 0 amide bonds. The number of benzene rings is 1. The zero-order chi connectivity index (χ0) is 14.7. The van der Waals surface area contributed by atoms with Gasteiger partial charge in [-0.1, -0.05) is 18.2 Å². The second-order valence-electron chi connectivity index (χ2n) is 4.80. The largest absolute Gasteiger partial charge is 0.385 e. The number of rotatable bonds is 5. The summed E-state index contributed by atoms with van der Waals surface area (Å²) in [5, 5.41) is 7.56. The third kappa shape index (κ3) is 2.80. The van der Waals surface area contributed by atoms with Crippen LogP contribution in [0.4, 0.5) is 11.6 Å². The van der Waals surface area contributed by atoms with Gasteiger partial charge in [0.25, 0.3) is 0 Å². The molecule has 0 atom stereocenters. The third-order valence-electron chi connectivity index (χ3n) is 3.27. The molecule has 0 saturated carbocycles. The fourth-order valence-corrected chi connectivity index (χ4v) is 2.23. The van der Waals surface area contributed by atoms with Gasteiger partial charge in [0.2, 0.25) is 5.95 Å². The number of nitrogens with one attached hydrogen (secondary N) is 1.